The van der Waals surface area contributed by atoms with Gasteiger partial charge in [0.2, 0.25) is 0 Å². The molecule has 6 nitrogen and oxygen atoms in total. The van der Waals surface area contributed by atoms with Gasteiger partial charge in [0.25, 0.3) is 5.91 Å². The van der Waals surface area contributed by atoms with Crippen molar-refractivity contribution >= 4 is 5.91 Å². The highest BCUT2D eigenvalue weighted by atomic mass is 16.5. The van der Waals surface area contributed by atoms with E-state index in [-0.39, 0.29) is 24.0 Å². The normalized spacial score (nSPS) is 28.4. The minimum Gasteiger partial charge on any atom is -0.379 e. The first kappa shape index (κ1) is 14.5. The van der Waals surface area contributed by atoms with Gasteiger partial charge in [0, 0.05) is 25.1 Å². The maximum Gasteiger partial charge on any atom is 0.276 e. The molecule has 2 saturated heterocycles. The van der Waals surface area contributed by atoms with Crippen molar-refractivity contribution in [1.29, 1.82) is 0 Å². The van der Waals surface area contributed by atoms with E-state index in [0.717, 1.165) is 0 Å². The lowest BCUT2D eigenvalue weighted by Crippen LogP contribution is -2.38. The van der Waals surface area contributed by atoms with E-state index in [0.29, 0.717) is 43.7 Å². The molecular weight excluding hydrogens is 272 g/mol. The maximum atomic E-state index is 12.6. The number of amides is 1. The quantitative estimate of drug-likeness (QED) is 0.842. The van der Waals surface area contributed by atoms with Gasteiger partial charge in [-0.2, -0.15) is 0 Å². The van der Waals surface area contributed by atoms with Gasteiger partial charge in [0.1, 0.15) is 5.76 Å². The third kappa shape index (κ3) is 2.82. The number of hydrogen-bond donors (Lipinski definition) is 0. The summed E-state index contributed by atoms with van der Waals surface area (Å²) in [6.07, 6.45) is 0.0526. The van der Waals surface area contributed by atoms with Crippen LogP contribution in [-0.4, -0.2) is 54.5 Å². The average molecular weight is 294 g/mol. The smallest absolute Gasteiger partial charge is 0.276 e. The Balaban J connectivity index is 1.72. The molecule has 0 N–H and O–H groups in total. The fourth-order valence-electron chi connectivity index (χ4n) is 3.04. The molecule has 3 heterocycles. The molecule has 0 spiro atoms. The predicted molar refractivity (Wildman–Crippen MR) is 75.0 cm³/mol. The van der Waals surface area contributed by atoms with Crippen LogP contribution in [0, 0.1) is 18.8 Å². The number of aromatic nitrogens is 1. The molecule has 2 aliphatic rings. The van der Waals surface area contributed by atoms with Crippen molar-refractivity contribution in [2.24, 2.45) is 11.8 Å². The lowest BCUT2D eigenvalue weighted by atomic mass is 10.0. The summed E-state index contributed by atoms with van der Waals surface area (Å²) in [7, 11) is 0. The fraction of sp³-hybridized carbons (Fsp3) is 0.733. The number of carbonyl (C=O) groups excluding carboxylic acids is 1. The van der Waals surface area contributed by atoms with Crippen molar-refractivity contribution in [3.05, 3.63) is 17.5 Å². The van der Waals surface area contributed by atoms with Crippen molar-refractivity contribution in [1.82, 2.24) is 10.1 Å². The van der Waals surface area contributed by atoms with Crippen molar-refractivity contribution in [3.63, 3.8) is 0 Å². The second kappa shape index (κ2) is 5.77. The number of aryl methyl sites for hydroxylation is 1. The van der Waals surface area contributed by atoms with Crippen LogP contribution in [0.5, 0.6) is 0 Å². The van der Waals surface area contributed by atoms with E-state index >= 15 is 0 Å². The first-order valence-electron chi connectivity index (χ1n) is 7.50. The van der Waals surface area contributed by atoms with Crippen LogP contribution < -0.4 is 0 Å². The van der Waals surface area contributed by atoms with E-state index < -0.39 is 0 Å². The molecule has 2 aliphatic heterocycles. The Hall–Kier alpha value is -1.40. The minimum atomic E-state index is -0.0944. The Labute approximate surface area is 124 Å². The van der Waals surface area contributed by atoms with Crippen molar-refractivity contribution in [2.45, 2.75) is 32.9 Å². The van der Waals surface area contributed by atoms with Gasteiger partial charge >= 0.3 is 0 Å². The molecule has 0 saturated carbocycles. The van der Waals surface area contributed by atoms with Gasteiger partial charge in [0.15, 0.2) is 5.69 Å². The van der Waals surface area contributed by atoms with Gasteiger partial charge in [0.05, 0.1) is 25.4 Å². The molecule has 3 atom stereocenters. The highest BCUT2D eigenvalue weighted by molar-refractivity contribution is 5.92. The molecule has 1 aromatic rings. The Morgan fingerprint density at radius 3 is 3.00 bits per heavy atom. The summed E-state index contributed by atoms with van der Waals surface area (Å²) >= 11 is 0. The van der Waals surface area contributed by atoms with Crippen molar-refractivity contribution in [2.75, 3.05) is 26.4 Å². The SMILES string of the molecule is Cc1cc(C(=O)N2C[C@H](OCC(C)C)[C@H]3COC[C@H]32)no1. The largest absolute Gasteiger partial charge is 0.379 e. The number of fused-ring (bicyclic) bond motifs is 1. The van der Waals surface area contributed by atoms with Gasteiger partial charge < -0.3 is 18.9 Å². The first-order valence-corrected chi connectivity index (χ1v) is 7.50. The van der Waals surface area contributed by atoms with Crippen LogP contribution in [0.2, 0.25) is 0 Å². The molecule has 1 aromatic heterocycles. The van der Waals surface area contributed by atoms with E-state index in [1.165, 1.54) is 0 Å². The average Bonchev–Trinajstić information content (AvgIpc) is 3.11. The molecule has 0 radical (unpaired) electrons. The highest BCUT2D eigenvalue weighted by Gasteiger charge is 2.48. The van der Waals surface area contributed by atoms with E-state index in [2.05, 4.69) is 19.0 Å². The van der Waals surface area contributed by atoms with Gasteiger partial charge in [-0.25, -0.2) is 0 Å². The van der Waals surface area contributed by atoms with E-state index in [1.807, 2.05) is 4.90 Å². The molecule has 1 amide bonds. The zero-order valence-corrected chi connectivity index (χ0v) is 12.7. The predicted octanol–water partition coefficient (Wildman–Crippen LogP) is 1.50. The van der Waals surface area contributed by atoms with Gasteiger partial charge in [-0.3, -0.25) is 4.79 Å². The van der Waals surface area contributed by atoms with Crippen LogP contribution in [0.1, 0.15) is 30.1 Å². The van der Waals surface area contributed by atoms with Crippen LogP contribution >= 0.6 is 0 Å². The topological polar surface area (TPSA) is 64.8 Å². The number of likely N-dealkylation sites (tertiary alicyclic amines) is 1. The standard InChI is InChI=1S/C15H22N2O4/c1-9(2)6-20-14-5-17(13-8-19-7-11(13)14)15(18)12-4-10(3)21-16-12/h4,9,11,13-14H,5-8H2,1-3H3/t11-,13+,14-/m0/s1. The summed E-state index contributed by atoms with van der Waals surface area (Å²) in [5.74, 6) is 1.29. The lowest BCUT2D eigenvalue weighted by Gasteiger charge is -2.21. The number of hydrogen-bond acceptors (Lipinski definition) is 5. The van der Waals surface area contributed by atoms with Crippen LogP contribution in [0.25, 0.3) is 0 Å². The summed E-state index contributed by atoms with van der Waals surface area (Å²) in [6, 6.07) is 1.77. The highest BCUT2D eigenvalue weighted by Crippen LogP contribution is 2.33. The third-order valence-electron chi connectivity index (χ3n) is 4.10. The molecular formula is C15H22N2O4. The summed E-state index contributed by atoms with van der Waals surface area (Å²) in [6.45, 7) is 8.58. The summed E-state index contributed by atoms with van der Waals surface area (Å²) in [5, 5.41) is 3.83. The van der Waals surface area contributed by atoms with E-state index in [9.17, 15) is 4.79 Å². The molecule has 0 aliphatic carbocycles. The Morgan fingerprint density at radius 1 is 1.52 bits per heavy atom. The van der Waals surface area contributed by atoms with Gasteiger partial charge in [-0.15, -0.1) is 0 Å². The molecule has 0 bridgehead atoms. The van der Waals surface area contributed by atoms with Crippen molar-refractivity contribution in [3.8, 4) is 0 Å². The van der Waals surface area contributed by atoms with Gasteiger partial charge in [-0.05, 0) is 12.8 Å². The van der Waals surface area contributed by atoms with Crippen LogP contribution in [-0.2, 0) is 9.47 Å². The molecule has 2 fully saturated rings. The molecule has 116 valence electrons. The number of rotatable bonds is 4. The summed E-state index contributed by atoms with van der Waals surface area (Å²) in [5.41, 5.74) is 0.364. The lowest BCUT2D eigenvalue weighted by molar-refractivity contribution is 0.00685. The Morgan fingerprint density at radius 2 is 2.33 bits per heavy atom. The Bertz CT molecular complexity index is 514. The molecule has 3 rings (SSSR count). The summed E-state index contributed by atoms with van der Waals surface area (Å²) in [4.78, 5) is 14.4. The van der Waals surface area contributed by atoms with Crippen LogP contribution in [0.15, 0.2) is 10.6 Å². The van der Waals surface area contributed by atoms with E-state index in [4.69, 9.17) is 14.0 Å². The second-order valence-electron chi connectivity index (χ2n) is 6.31. The molecule has 21 heavy (non-hydrogen) atoms. The molecule has 0 unspecified atom stereocenters. The monoisotopic (exact) mass is 294 g/mol. The minimum absolute atomic E-state index is 0.0526. The fourth-order valence-corrected chi connectivity index (χ4v) is 3.04. The maximum absolute atomic E-state index is 12.6. The zero-order valence-electron chi connectivity index (χ0n) is 12.7. The van der Waals surface area contributed by atoms with Crippen molar-refractivity contribution < 1.29 is 18.8 Å². The second-order valence-corrected chi connectivity index (χ2v) is 6.31. The first-order chi connectivity index (χ1) is 10.1. The third-order valence-corrected chi connectivity index (χ3v) is 4.10. The number of ether oxygens (including phenoxy) is 2. The van der Waals surface area contributed by atoms with Crippen LogP contribution in [0.4, 0.5) is 0 Å². The van der Waals surface area contributed by atoms with E-state index in [1.54, 1.807) is 13.0 Å². The molecule has 6 heteroatoms. The Kier molecular flexibility index (Phi) is 3.99. The van der Waals surface area contributed by atoms with Gasteiger partial charge in [-0.1, -0.05) is 19.0 Å². The zero-order chi connectivity index (χ0) is 15.0. The van der Waals surface area contributed by atoms with Crippen LogP contribution in [0.3, 0.4) is 0 Å². The summed E-state index contributed by atoms with van der Waals surface area (Å²) < 4.78 is 16.5. The number of carbonyl (C=O) groups is 1. The number of nitrogens with zero attached hydrogens (tertiary/aromatic N) is 2. The molecule has 0 aromatic carbocycles.